The molecule has 0 amide bonds. The minimum absolute atomic E-state index is 0.129. The standard InChI is InChI=1S/C14H12ClNO3S/c1-10(17)13-9-11(15)7-8-14(13)16-20(18,19)12-5-3-2-4-6-12/h2-9,16H,1H3. The molecule has 0 unspecified atom stereocenters. The van der Waals surface area contributed by atoms with E-state index in [1.807, 2.05) is 0 Å². The highest BCUT2D eigenvalue weighted by atomic mass is 35.5. The molecule has 0 aliphatic rings. The molecule has 0 aliphatic heterocycles. The molecule has 4 nitrogen and oxygen atoms in total. The van der Waals surface area contributed by atoms with Crippen LogP contribution in [-0.2, 0) is 10.0 Å². The summed E-state index contributed by atoms with van der Waals surface area (Å²) in [5.74, 6) is -0.265. The predicted molar refractivity (Wildman–Crippen MR) is 78.7 cm³/mol. The van der Waals surface area contributed by atoms with Gasteiger partial charge in [-0.15, -0.1) is 0 Å². The summed E-state index contributed by atoms with van der Waals surface area (Å²) >= 11 is 5.82. The number of carbonyl (C=O) groups excluding carboxylic acids is 1. The number of Topliss-reactive ketones (excluding diaryl/α,β-unsaturated/α-hetero) is 1. The Labute approximate surface area is 122 Å². The molecule has 1 N–H and O–H groups in total. The molecule has 104 valence electrons. The van der Waals surface area contributed by atoms with Crippen molar-refractivity contribution in [3.05, 3.63) is 59.1 Å². The van der Waals surface area contributed by atoms with Gasteiger partial charge in [-0.25, -0.2) is 8.42 Å². The Morgan fingerprint density at radius 2 is 1.75 bits per heavy atom. The topological polar surface area (TPSA) is 63.2 Å². The van der Waals surface area contributed by atoms with Crippen molar-refractivity contribution in [1.29, 1.82) is 0 Å². The maximum absolute atomic E-state index is 12.2. The second-order valence-corrected chi connectivity index (χ2v) is 6.28. The maximum atomic E-state index is 12.2. The number of sulfonamides is 1. The summed E-state index contributed by atoms with van der Waals surface area (Å²) < 4.78 is 26.8. The highest BCUT2D eigenvalue weighted by Crippen LogP contribution is 2.24. The van der Waals surface area contributed by atoms with E-state index in [9.17, 15) is 13.2 Å². The van der Waals surface area contributed by atoms with Gasteiger partial charge in [0.2, 0.25) is 0 Å². The Balaban J connectivity index is 2.43. The fraction of sp³-hybridized carbons (Fsp3) is 0.0714. The van der Waals surface area contributed by atoms with Crippen LogP contribution in [0.1, 0.15) is 17.3 Å². The predicted octanol–water partition coefficient (Wildman–Crippen LogP) is 3.34. The molecule has 0 aliphatic carbocycles. The fourth-order valence-corrected chi connectivity index (χ4v) is 2.97. The third-order valence-electron chi connectivity index (χ3n) is 2.66. The Kier molecular flexibility index (Phi) is 4.11. The van der Waals surface area contributed by atoms with Gasteiger partial charge >= 0.3 is 0 Å². The van der Waals surface area contributed by atoms with Crippen LogP contribution in [0.4, 0.5) is 5.69 Å². The normalized spacial score (nSPS) is 11.1. The van der Waals surface area contributed by atoms with Crippen LogP contribution in [-0.4, -0.2) is 14.2 Å². The van der Waals surface area contributed by atoms with Crippen LogP contribution in [0.2, 0.25) is 5.02 Å². The quantitative estimate of drug-likeness (QED) is 0.881. The maximum Gasteiger partial charge on any atom is 0.261 e. The molecule has 2 aromatic rings. The SMILES string of the molecule is CC(=O)c1cc(Cl)ccc1NS(=O)(=O)c1ccccc1. The van der Waals surface area contributed by atoms with Gasteiger partial charge in [0.05, 0.1) is 10.6 Å². The number of halogens is 1. The molecule has 20 heavy (non-hydrogen) atoms. The van der Waals surface area contributed by atoms with Gasteiger partial charge in [0.1, 0.15) is 0 Å². The number of hydrogen-bond acceptors (Lipinski definition) is 3. The second kappa shape index (κ2) is 5.64. The van der Waals surface area contributed by atoms with Gasteiger partial charge in [-0.05, 0) is 37.3 Å². The van der Waals surface area contributed by atoms with Crippen LogP contribution >= 0.6 is 11.6 Å². The van der Waals surface area contributed by atoms with E-state index in [1.165, 1.54) is 37.3 Å². The van der Waals surface area contributed by atoms with Gasteiger partial charge in [-0.3, -0.25) is 9.52 Å². The number of benzene rings is 2. The zero-order chi connectivity index (χ0) is 14.8. The van der Waals surface area contributed by atoms with Crippen LogP contribution in [0, 0.1) is 0 Å². The molecular formula is C14H12ClNO3S. The molecule has 2 aromatic carbocycles. The number of rotatable bonds is 4. The number of ketones is 1. The Bertz CT molecular complexity index is 742. The van der Waals surface area contributed by atoms with E-state index in [0.29, 0.717) is 5.02 Å². The van der Waals surface area contributed by atoms with Gasteiger partial charge < -0.3 is 0 Å². The van der Waals surface area contributed by atoms with Crippen molar-refractivity contribution in [2.24, 2.45) is 0 Å². The van der Waals surface area contributed by atoms with Crippen LogP contribution in [0.25, 0.3) is 0 Å². The highest BCUT2D eigenvalue weighted by Gasteiger charge is 2.17. The van der Waals surface area contributed by atoms with Crippen molar-refractivity contribution >= 4 is 33.1 Å². The summed E-state index contributed by atoms with van der Waals surface area (Å²) in [5, 5.41) is 0.373. The average molecular weight is 310 g/mol. The van der Waals surface area contributed by atoms with E-state index < -0.39 is 10.0 Å². The third-order valence-corrected chi connectivity index (χ3v) is 4.28. The van der Waals surface area contributed by atoms with E-state index in [1.54, 1.807) is 18.2 Å². The fourth-order valence-electron chi connectivity index (χ4n) is 1.70. The van der Waals surface area contributed by atoms with Gasteiger partial charge in [0, 0.05) is 10.6 Å². The van der Waals surface area contributed by atoms with Crippen molar-refractivity contribution < 1.29 is 13.2 Å². The summed E-state index contributed by atoms with van der Waals surface area (Å²) in [6.45, 7) is 1.35. The molecule has 0 saturated carbocycles. The number of hydrogen-bond donors (Lipinski definition) is 1. The van der Waals surface area contributed by atoms with Crippen molar-refractivity contribution in [1.82, 2.24) is 0 Å². The molecule has 0 bridgehead atoms. The molecule has 0 heterocycles. The van der Waals surface area contributed by atoms with Gasteiger partial charge in [0.15, 0.2) is 5.78 Å². The first-order valence-electron chi connectivity index (χ1n) is 5.78. The molecule has 0 aromatic heterocycles. The minimum Gasteiger partial charge on any atom is -0.294 e. The van der Waals surface area contributed by atoms with Crippen molar-refractivity contribution in [2.75, 3.05) is 4.72 Å². The van der Waals surface area contributed by atoms with E-state index >= 15 is 0 Å². The van der Waals surface area contributed by atoms with E-state index in [4.69, 9.17) is 11.6 Å². The monoisotopic (exact) mass is 309 g/mol. The van der Waals surface area contributed by atoms with Crippen LogP contribution < -0.4 is 4.72 Å². The Morgan fingerprint density at radius 1 is 1.10 bits per heavy atom. The number of carbonyl (C=O) groups is 1. The molecule has 0 atom stereocenters. The zero-order valence-corrected chi connectivity index (χ0v) is 12.2. The summed E-state index contributed by atoms with van der Waals surface area (Å²) in [6, 6.07) is 12.4. The first-order chi connectivity index (χ1) is 9.40. The average Bonchev–Trinajstić information content (AvgIpc) is 2.41. The molecule has 2 rings (SSSR count). The number of anilines is 1. The first kappa shape index (κ1) is 14.6. The first-order valence-corrected chi connectivity index (χ1v) is 7.64. The lowest BCUT2D eigenvalue weighted by molar-refractivity contribution is 0.101. The van der Waals surface area contributed by atoms with Crippen molar-refractivity contribution in [3.8, 4) is 0 Å². The lowest BCUT2D eigenvalue weighted by Gasteiger charge is -2.11. The lowest BCUT2D eigenvalue weighted by atomic mass is 10.1. The highest BCUT2D eigenvalue weighted by molar-refractivity contribution is 7.92. The molecule has 0 radical (unpaired) electrons. The molecular weight excluding hydrogens is 298 g/mol. The van der Waals surface area contributed by atoms with Crippen LogP contribution in [0.15, 0.2) is 53.4 Å². The molecule has 0 fully saturated rings. The van der Waals surface area contributed by atoms with Crippen molar-refractivity contribution in [3.63, 3.8) is 0 Å². The van der Waals surface area contributed by atoms with Gasteiger partial charge in [0.25, 0.3) is 10.0 Å². The van der Waals surface area contributed by atoms with Crippen molar-refractivity contribution in [2.45, 2.75) is 11.8 Å². The van der Waals surface area contributed by atoms with E-state index in [0.717, 1.165) is 0 Å². The van der Waals surface area contributed by atoms with Gasteiger partial charge in [-0.2, -0.15) is 0 Å². The zero-order valence-electron chi connectivity index (χ0n) is 10.6. The Hall–Kier alpha value is -1.85. The second-order valence-electron chi connectivity index (χ2n) is 4.16. The van der Waals surface area contributed by atoms with E-state index in [-0.39, 0.29) is 21.9 Å². The molecule has 6 heteroatoms. The lowest BCUT2D eigenvalue weighted by Crippen LogP contribution is -2.15. The summed E-state index contributed by atoms with van der Waals surface area (Å²) in [7, 11) is -3.73. The summed E-state index contributed by atoms with van der Waals surface area (Å²) in [4.78, 5) is 11.7. The number of nitrogens with one attached hydrogen (secondary N) is 1. The summed E-state index contributed by atoms with van der Waals surface area (Å²) in [5.41, 5.74) is 0.447. The minimum atomic E-state index is -3.73. The third kappa shape index (κ3) is 3.18. The summed E-state index contributed by atoms with van der Waals surface area (Å²) in [6.07, 6.45) is 0. The van der Waals surface area contributed by atoms with Crippen LogP contribution in [0.5, 0.6) is 0 Å². The van der Waals surface area contributed by atoms with E-state index in [2.05, 4.69) is 4.72 Å². The molecule has 0 saturated heterocycles. The largest absolute Gasteiger partial charge is 0.294 e. The Morgan fingerprint density at radius 3 is 2.35 bits per heavy atom. The smallest absolute Gasteiger partial charge is 0.261 e. The molecule has 0 spiro atoms. The van der Waals surface area contributed by atoms with Crippen LogP contribution in [0.3, 0.4) is 0 Å². The van der Waals surface area contributed by atoms with Gasteiger partial charge in [-0.1, -0.05) is 29.8 Å².